The topological polar surface area (TPSA) is 42.0 Å². The number of hydrogen-bond acceptors (Lipinski definition) is 2. The van der Waals surface area contributed by atoms with Gasteiger partial charge >= 0.3 is 0 Å². The predicted molar refractivity (Wildman–Crippen MR) is 70.6 cm³/mol. The van der Waals surface area contributed by atoms with E-state index in [1.165, 1.54) is 36.6 Å². The van der Waals surface area contributed by atoms with Crippen LogP contribution in [-0.2, 0) is 0 Å². The summed E-state index contributed by atoms with van der Waals surface area (Å²) in [6.45, 7) is 0. The number of aromatic nitrogens is 1. The molecule has 3 nitrogen and oxygen atoms in total. The number of anilines is 1. The highest BCUT2D eigenvalue weighted by Crippen LogP contribution is 2.40. The molecule has 3 rings (SSSR count). The third kappa shape index (κ3) is 2.78. The molecule has 1 N–H and O–H groups in total. The van der Waals surface area contributed by atoms with Crippen molar-refractivity contribution in [2.24, 2.45) is 0 Å². The van der Waals surface area contributed by atoms with Gasteiger partial charge in [-0.05, 0) is 54.7 Å². The summed E-state index contributed by atoms with van der Waals surface area (Å²) in [5.74, 6) is 0.346. The lowest BCUT2D eigenvalue weighted by Crippen LogP contribution is -2.13. The molecular weight excluding hydrogens is 243 g/mol. The van der Waals surface area contributed by atoms with E-state index in [1.54, 1.807) is 12.3 Å². The lowest BCUT2D eigenvalue weighted by molar-refractivity contribution is 0.102. The SMILES string of the molecule is O=C(Nc1cc(C2CC2)ccn1)c1cccc(F)c1. The Morgan fingerprint density at radius 3 is 2.84 bits per heavy atom. The van der Waals surface area contributed by atoms with Crippen molar-refractivity contribution >= 4 is 11.7 Å². The normalized spacial score (nSPS) is 14.2. The Bertz CT molecular complexity index is 623. The van der Waals surface area contributed by atoms with E-state index in [0.717, 1.165) is 0 Å². The van der Waals surface area contributed by atoms with Gasteiger partial charge in [0, 0.05) is 11.8 Å². The highest BCUT2D eigenvalue weighted by Gasteiger charge is 2.23. The van der Waals surface area contributed by atoms with E-state index in [2.05, 4.69) is 10.3 Å². The molecule has 0 spiro atoms. The number of carbonyl (C=O) groups excluding carboxylic acids is 1. The molecule has 1 aliphatic rings. The summed E-state index contributed by atoms with van der Waals surface area (Å²) in [5.41, 5.74) is 1.49. The molecular formula is C15H13FN2O. The van der Waals surface area contributed by atoms with Gasteiger partial charge in [-0.15, -0.1) is 0 Å². The molecule has 1 amide bonds. The molecule has 4 heteroatoms. The van der Waals surface area contributed by atoms with Crippen molar-refractivity contribution in [2.75, 3.05) is 5.32 Å². The highest BCUT2D eigenvalue weighted by molar-refractivity contribution is 6.03. The molecule has 0 radical (unpaired) electrons. The van der Waals surface area contributed by atoms with Crippen LogP contribution >= 0.6 is 0 Å². The summed E-state index contributed by atoms with van der Waals surface area (Å²) < 4.78 is 13.0. The van der Waals surface area contributed by atoms with Gasteiger partial charge < -0.3 is 5.32 Å². The average Bonchev–Trinajstić information content (AvgIpc) is 3.23. The summed E-state index contributed by atoms with van der Waals surface area (Å²) in [4.78, 5) is 16.1. The molecule has 19 heavy (non-hydrogen) atoms. The van der Waals surface area contributed by atoms with E-state index in [1.807, 2.05) is 12.1 Å². The van der Waals surface area contributed by atoms with Gasteiger partial charge in [0.2, 0.25) is 0 Å². The number of amides is 1. The zero-order chi connectivity index (χ0) is 13.2. The third-order valence-corrected chi connectivity index (χ3v) is 3.16. The zero-order valence-electron chi connectivity index (χ0n) is 10.3. The number of hydrogen-bond donors (Lipinski definition) is 1. The molecule has 0 aliphatic heterocycles. The highest BCUT2D eigenvalue weighted by atomic mass is 19.1. The number of pyridine rings is 1. The number of rotatable bonds is 3. The van der Waals surface area contributed by atoms with Crippen LogP contribution in [0.3, 0.4) is 0 Å². The van der Waals surface area contributed by atoms with Gasteiger partial charge in [0.05, 0.1) is 0 Å². The van der Waals surface area contributed by atoms with Crippen molar-refractivity contribution in [1.82, 2.24) is 4.98 Å². The van der Waals surface area contributed by atoms with Crippen LogP contribution in [0.5, 0.6) is 0 Å². The maximum atomic E-state index is 13.0. The lowest BCUT2D eigenvalue weighted by Gasteiger charge is -2.06. The monoisotopic (exact) mass is 256 g/mol. The Labute approximate surface area is 110 Å². The largest absolute Gasteiger partial charge is 0.307 e. The van der Waals surface area contributed by atoms with E-state index in [0.29, 0.717) is 17.3 Å². The Balaban J connectivity index is 1.77. The molecule has 1 aliphatic carbocycles. The molecule has 0 unspecified atom stereocenters. The molecule has 0 bridgehead atoms. The Morgan fingerprint density at radius 2 is 2.11 bits per heavy atom. The van der Waals surface area contributed by atoms with Crippen molar-refractivity contribution in [1.29, 1.82) is 0 Å². The number of benzene rings is 1. The van der Waals surface area contributed by atoms with Crippen molar-refractivity contribution in [3.63, 3.8) is 0 Å². The second-order valence-corrected chi connectivity index (χ2v) is 4.71. The van der Waals surface area contributed by atoms with Crippen molar-refractivity contribution in [3.8, 4) is 0 Å². The van der Waals surface area contributed by atoms with E-state index in [9.17, 15) is 9.18 Å². The fraction of sp³-hybridized carbons (Fsp3) is 0.200. The molecule has 1 saturated carbocycles. The van der Waals surface area contributed by atoms with E-state index >= 15 is 0 Å². The predicted octanol–water partition coefficient (Wildman–Crippen LogP) is 3.35. The first kappa shape index (κ1) is 11.8. The van der Waals surface area contributed by atoms with Crippen LogP contribution in [-0.4, -0.2) is 10.9 Å². The zero-order valence-corrected chi connectivity index (χ0v) is 10.3. The first-order valence-corrected chi connectivity index (χ1v) is 6.25. The minimum absolute atomic E-state index is 0.290. The third-order valence-electron chi connectivity index (χ3n) is 3.16. The summed E-state index contributed by atoms with van der Waals surface area (Å²) >= 11 is 0. The quantitative estimate of drug-likeness (QED) is 0.915. The maximum Gasteiger partial charge on any atom is 0.256 e. The van der Waals surface area contributed by atoms with Crippen LogP contribution in [0.1, 0.15) is 34.7 Å². The molecule has 2 aromatic rings. The van der Waals surface area contributed by atoms with Gasteiger partial charge in [-0.25, -0.2) is 9.37 Å². The minimum atomic E-state index is -0.424. The first-order chi connectivity index (χ1) is 9.22. The number of nitrogens with one attached hydrogen (secondary N) is 1. The summed E-state index contributed by atoms with van der Waals surface area (Å²) in [6.07, 6.45) is 4.08. The molecule has 1 aromatic carbocycles. The number of halogens is 1. The van der Waals surface area contributed by atoms with Gasteiger partial charge in [0.15, 0.2) is 0 Å². The molecule has 96 valence electrons. The van der Waals surface area contributed by atoms with Gasteiger partial charge in [-0.2, -0.15) is 0 Å². The lowest BCUT2D eigenvalue weighted by atomic mass is 10.1. The van der Waals surface area contributed by atoms with Crippen LogP contribution < -0.4 is 5.32 Å². The molecule has 1 fully saturated rings. The maximum absolute atomic E-state index is 13.0. The van der Waals surface area contributed by atoms with Crippen molar-refractivity contribution < 1.29 is 9.18 Å². The molecule has 1 heterocycles. The number of carbonyl (C=O) groups is 1. The standard InChI is InChI=1S/C15H13FN2O/c16-13-3-1-2-12(8-13)15(19)18-14-9-11(6-7-17-14)10-4-5-10/h1-3,6-10H,4-5H2,(H,17,18,19). The second kappa shape index (κ2) is 4.80. The first-order valence-electron chi connectivity index (χ1n) is 6.25. The van der Waals surface area contributed by atoms with Crippen LogP contribution in [0.15, 0.2) is 42.6 Å². The van der Waals surface area contributed by atoms with Gasteiger partial charge in [0.1, 0.15) is 11.6 Å². The van der Waals surface area contributed by atoms with Gasteiger partial charge in [0.25, 0.3) is 5.91 Å². The fourth-order valence-electron chi connectivity index (χ4n) is 2.00. The van der Waals surface area contributed by atoms with Crippen molar-refractivity contribution in [2.45, 2.75) is 18.8 Å². The Kier molecular flexibility index (Phi) is 2.99. The Morgan fingerprint density at radius 1 is 1.26 bits per heavy atom. The van der Waals surface area contributed by atoms with Gasteiger partial charge in [-0.3, -0.25) is 4.79 Å². The summed E-state index contributed by atoms with van der Waals surface area (Å²) in [7, 11) is 0. The van der Waals surface area contributed by atoms with Crippen molar-refractivity contribution in [3.05, 3.63) is 59.5 Å². The fourth-order valence-corrected chi connectivity index (χ4v) is 2.00. The molecule has 0 atom stereocenters. The van der Waals surface area contributed by atoms with E-state index in [4.69, 9.17) is 0 Å². The van der Waals surface area contributed by atoms with E-state index < -0.39 is 5.82 Å². The van der Waals surface area contributed by atoms with E-state index in [-0.39, 0.29) is 5.91 Å². The average molecular weight is 256 g/mol. The summed E-state index contributed by atoms with van der Waals surface area (Å²) in [5, 5.41) is 2.69. The van der Waals surface area contributed by atoms with Crippen LogP contribution in [0.2, 0.25) is 0 Å². The number of nitrogens with zero attached hydrogens (tertiary/aromatic N) is 1. The van der Waals surface area contributed by atoms with Crippen LogP contribution in [0.4, 0.5) is 10.2 Å². The van der Waals surface area contributed by atoms with Crippen LogP contribution in [0.25, 0.3) is 0 Å². The second-order valence-electron chi connectivity index (χ2n) is 4.71. The van der Waals surface area contributed by atoms with Crippen LogP contribution in [0, 0.1) is 5.82 Å². The molecule has 1 aromatic heterocycles. The summed E-state index contributed by atoms with van der Waals surface area (Å²) in [6, 6.07) is 9.45. The molecule has 0 saturated heterocycles. The van der Waals surface area contributed by atoms with Gasteiger partial charge in [-0.1, -0.05) is 6.07 Å². The minimum Gasteiger partial charge on any atom is -0.307 e. The Hall–Kier alpha value is -2.23. The smallest absolute Gasteiger partial charge is 0.256 e.